The summed E-state index contributed by atoms with van der Waals surface area (Å²) in [4.78, 5) is 15.1. The summed E-state index contributed by atoms with van der Waals surface area (Å²) >= 11 is 0. The molecular formula is C20H24N2O2. The van der Waals surface area contributed by atoms with Crippen LogP contribution in [0.25, 0.3) is 0 Å². The molecule has 0 aliphatic heterocycles. The average molecular weight is 324 g/mol. The van der Waals surface area contributed by atoms with Gasteiger partial charge in [-0.2, -0.15) is 0 Å². The Morgan fingerprint density at radius 3 is 2.50 bits per heavy atom. The van der Waals surface area contributed by atoms with Crippen molar-refractivity contribution in [3.8, 4) is 11.6 Å². The van der Waals surface area contributed by atoms with E-state index in [1.54, 1.807) is 12.1 Å². The zero-order valence-corrected chi connectivity index (χ0v) is 14.2. The van der Waals surface area contributed by atoms with Crippen LogP contribution in [0, 0.1) is 5.92 Å². The van der Waals surface area contributed by atoms with Crippen molar-refractivity contribution in [3.63, 3.8) is 0 Å². The lowest BCUT2D eigenvalue weighted by molar-refractivity contribution is 0.1000. The second-order valence-electron chi connectivity index (χ2n) is 5.90. The number of nitrogens with two attached hydrogens (primary N) is 1. The fourth-order valence-corrected chi connectivity index (χ4v) is 2.76. The van der Waals surface area contributed by atoms with Crippen LogP contribution in [-0.4, -0.2) is 10.9 Å². The number of allylic oxidation sites excluding steroid dienone is 1. The third-order valence-electron chi connectivity index (χ3n) is 4.35. The van der Waals surface area contributed by atoms with Gasteiger partial charge in [-0.25, -0.2) is 4.98 Å². The molecule has 0 fully saturated rings. The molecule has 2 N–H and O–H groups in total. The van der Waals surface area contributed by atoms with Crippen molar-refractivity contribution in [1.29, 1.82) is 0 Å². The molecule has 2 rings (SSSR count). The molecule has 1 aromatic carbocycles. The van der Waals surface area contributed by atoms with Crippen LogP contribution in [0.4, 0.5) is 0 Å². The van der Waals surface area contributed by atoms with Gasteiger partial charge in [-0.05, 0) is 42.0 Å². The molecule has 0 bridgehead atoms. The molecule has 4 nitrogen and oxygen atoms in total. The smallest absolute Gasteiger partial charge is 0.250 e. The van der Waals surface area contributed by atoms with Gasteiger partial charge in [-0.1, -0.05) is 38.5 Å². The minimum Gasteiger partial charge on any atom is -0.439 e. The second-order valence-corrected chi connectivity index (χ2v) is 5.90. The summed E-state index contributed by atoms with van der Waals surface area (Å²) < 4.78 is 5.70. The number of primary amides is 1. The van der Waals surface area contributed by atoms with E-state index in [-0.39, 0.29) is 0 Å². The first-order valence-corrected chi connectivity index (χ1v) is 8.19. The van der Waals surface area contributed by atoms with Gasteiger partial charge in [0.15, 0.2) is 0 Å². The fraction of sp³-hybridized carbons (Fsp3) is 0.300. The molecule has 126 valence electrons. The van der Waals surface area contributed by atoms with Crippen LogP contribution in [-0.2, 0) is 0 Å². The van der Waals surface area contributed by atoms with Gasteiger partial charge in [0, 0.05) is 12.3 Å². The summed E-state index contributed by atoms with van der Waals surface area (Å²) in [6.07, 6.45) is 5.55. The van der Waals surface area contributed by atoms with Gasteiger partial charge >= 0.3 is 0 Å². The maximum absolute atomic E-state index is 11.0. The summed E-state index contributed by atoms with van der Waals surface area (Å²) in [7, 11) is 0. The topological polar surface area (TPSA) is 65.2 Å². The third kappa shape index (κ3) is 4.44. The summed E-state index contributed by atoms with van der Waals surface area (Å²) in [6.45, 7) is 8.31. The molecule has 1 heterocycles. The van der Waals surface area contributed by atoms with Gasteiger partial charge in [-0.3, -0.25) is 4.79 Å². The number of carbonyl (C=O) groups is 1. The fourth-order valence-electron chi connectivity index (χ4n) is 2.76. The number of carbonyl (C=O) groups excluding carboxylic acids is 1. The SMILES string of the molecule is C=CCC(CC)C(C)c1ccc(Oc2ccc(C(N)=O)cn2)cc1. The maximum atomic E-state index is 11.0. The van der Waals surface area contributed by atoms with E-state index >= 15 is 0 Å². The summed E-state index contributed by atoms with van der Waals surface area (Å²) in [5.41, 5.74) is 6.84. The first-order valence-electron chi connectivity index (χ1n) is 8.19. The highest BCUT2D eigenvalue weighted by molar-refractivity contribution is 5.92. The maximum Gasteiger partial charge on any atom is 0.250 e. The molecule has 4 heteroatoms. The highest BCUT2D eigenvalue weighted by atomic mass is 16.5. The lowest BCUT2D eigenvalue weighted by Gasteiger charge is -2.22. The standard InChI is InChI=1S/C20H24N2O2/c1-4-6-15(5-2)14(3)16-7-10-18(11-8-16)24-19-12-9-17(13-22-19)20(21)23/h4,7-15H,1,5-6H2,2-3H3,(H2,21,23). The highest BCUT2D eigenvalue weighted by Crippen LogP contribution is 2.31. The van der Waals surface area contributed by atoms with Crippen molar-refractivity contribution in [2.45, 2.75) is 32.6 Å². The zero-order chi connectivity index (χ0) is 17.5. The lowest BCUT2D eigenvalue weighted by Crippen LogP contribution is -2.10. The molecule has 0 aliphatic carbocycles. The molecule has 0 aliphatic rings. The largest absolute Gasteiger partial charge is 0.439 e. The minimum atomic E-state index is -0.502. The van der Waals surface area contributed by atoms with E-state index in [1.807, 2.05) is 18.2 Å². The van der Waals surface area contributed by atoms with Crippen LogP contribution in [0.15, 0.2) is 55.3 Å². The Morgan fingerprint density at radius 2 is 2.00 bits per heavy atom. The van der Waals surface area contributed by atoms with Crippen LogP contribution in [0.3, 0.4) is 0 Å². The number of amides is 1. The molecule has 0 spiro atoms. The van der Waals surface area contributed by atoms with Crippen molar-refractivity contribution >= 4 is 5.91 Å². The number of hydrogen-bond donors (Lipinski definition) is 1. The highest BCUT2D eigenvalue weighted by Gasteiger charge is 2.16. The molecule has 2 aromatic rings. The normalized spacial score (nSPS) is 13.1. The Kier molecular flexibility index (Phi) is 6.13. The first kappa shape index (κ1) is 17.7. The lowest BCUT2D eigenvalue weighted by atomic mass is 9.84. The van der Waals surface area contributed by atoms with Crippen molar-refractivity contribution in [3.05, 3.63) is 66.4 Å². The molecule has 2 atom stereocenters. The number of hydrogen-bond acceptors (Lipinski definition) is 3. The average Bonchev–Trinajstić information content (AvgIpc) is 2.60. The number of pyridine rings is 1. The van der Waals surface area contributed by atoms with E-state index in [1.165, 1.54) is 11.8 Å². The number of ether oxygens (including phenoxy) is 1. The monoisotopic (exact) mass is 324 g/mol. The number of aromatic nitrogens is 1. The van der Waals surface area contributed by atoms with E-state index in [9.17, 15) is 4.79 Å². The Bertz CT molecular complexity index is 678. The Morgan fingerprint density at radius 1 is 1.29 bits per heavy atom. The first-order chi connectivity index (χ1) is 11.5. The quantitative estimate of drug-likeness (QED) is 0.717. The predicted octanol–water partition coefficient (Wildman–Crippen LogP) is 4.68. The van der Waals surface area contributed by atoms with Gasteiger partial charge < -0.3 is 10.5 Å². The zero-order valence-electron chi connectivity index (χ0n) is 14.2. The van der Waals surface area contributed by atoms with Crippen LogP contribution in [0.5, 0.6) is 11.6 Å². The third-order valence-corrected chi connectivity index (χ3v) is 4.35. The molecule has 24 heavy (non-hydrogen) atoms. The Hall–Kier alpha value is -2.62. The predicted molar refractivity (Wildman–Crippen MR) is 96.3 cm³/mol. The number of nitrogens with zero attached hydrogens (tertiary/aromatic N) is 1. The Labute approximate surface area is 143 Å². The van der Waals surface area contributed by atoms with E-state index in [2.05, 4.69) is 37.5 Å². The molecule has 1 amide bonds. The van der Waals surface area contributed by atoms with E-state index in [4.69, 9.17) is 10.5 Å². The van der Waals surface area contributed by atoms with Crippen LogP contribution >= 0.6 is 0 Å². The minimum absolute atomic E-state index is 0.361. The molecule has 0 radical (unpaired) electrons. The summed E-state index contributed by atoms with van der Waals surface area (Å²) in [5, 5.41) is 0. The Balaban J connectivity index is 2.06. The summed E-state index contributed by atoms with van der Waals surface area (Å²) in [5.74, 6) is 1.70. The van der Waals surface area contributed by atoms with Gasteiger partial charge in [0.2, 0.25) is 11.8 Å². The molecule has 0 saturated carbocycles. The van der Waals surface area contributed by atoms with Gasteiger partial charge in [-0.15, -0.1) is 6.58 Å². The van der Waals surface area contributed by atoms with E-state index < -0.39 is 5.91 Å². The van der Waals surface area contributed by atoms with Gasteiger partial charge in [0.1, 0.15) is 5.75 Å². The van der Waals surface area contributed by atoms with Crippen LogP contribution in [0.2, 0.25) is 0 Å². The van der Waals surface area contributed by atoms with E-state index in [0.29, 0.717) is 29.0 Å². The van der Waals surface area contributed by atoms with Crippen LogP contribution in [0.1, 0.15) is 48.5 Å². The van der Waals surface area contributed by atoms with Crippen molar-refractivity contribution in [2.75, 3.05) is 0 Å². The van der Waals surface area contributed by atoms with Crippen molar-refractivity contribution in [1.82, 2.24) is 4.98 Å². The molecule has 1 aromatic heterocycles. The number of benzene rings is 1. The molecule has 0 saturated heterocycles. The van der Waals surface area contributed by atoms with Gasteiger partial charge in [0.25, 0.3) is 0 Å². The van der Waals surface area contributed by atoms with Crippen molar-refractivity contribution in [2.24, 2.45) is 11.7 Å². The van der Waals surface area contributed by atoms with Crippen LogP contribution < -0.4 is 10.5 Å². The van der Waals surface area contributed by atoms with E-state index in [0.717, 1.165) is 12.8 Å². The summed E-state index contributed by atoms with van der Waals surface area (Å²) in [6, 6.07) is 11.3. The van der Waals surface area contributed by atoms with Crippen molar-refractivity contribution < 1.29 is 9.53 Å². The molecular weight excluding hydrogens is 300 g/mol. The second kappa shape index (κ2) is 8.29. The molecule has 2 unspecified atom stereocenters. The van der Waals surface area contributed by atoms with Gasteiger partial charge in [0.05, 0.1) is 5.56 Å². The number of rotatable bonds is 8.